The molecule has 1 aromatic rings. The van der Waals surface area contributed by atoms with Crippen LogP contribution in [0, 0.1) is 6.92 Å². The van der Waals surface area contributed by atoms with Gasteiger partial charge in [-0.3, -0.25) is 0 Å². The first-order valence-electron chi connectivity index (χ1n) is 4.69. The van der Waals surface area contributed by atoms with Gasteiger partial charge >= 0.3 is 0 Å². The Morgan fingerprint density at radius 2 is 2.07 bits per heavy atom. The third-order valence-electron chi connectivity index (χ3n) is 2.25. The summed E-state index contributed by atoms with van der Waals surface area (Å²) in [6, 6.07) is 5.83. The van der Waals surface area contributed by atoms with Gasteiger partial charge in [-0.15, -0.1) is 0 Å². The molecule has 0 bridgehead atoms. The summed E-state index contributed by atoms with van der Waals surface area (Å²) < 4.78 is 0. The maximum atomic E-state index is 6.01. The van der Waals surface area contributed by atoms with Crippen LogP contribution in [0.1, 0.15) is 19.4 Å². The van der Waals surface area contributed by atoms with Crippen LogP contribution in [0.4, 0.5) is 5.69 Å². The highest BCUT2D eigenvalue weighted by Gasteiger charge is 2.15. The number of halogens is 1. The highest BCUT2D eigenvalue weighted by molar-refractivity contribution is 6.31. The highest BCUT2D eigenvalue weighted by atomic mass is 35.5. The minimum atomic E-state index is -0.102. The second-order valence-electron chi connectivity index (χ2n) is 4.13. The van der Waals surface area contributed by atoms with Gasteiger partial charge in [0, 0.05) is 22.8 Å². The number of nitrogens with two attached hydrogens (primary N) is 1. The lowest BCUT2D eigenvalue weighted by Crippen LogP contribution is -2.39. The van der Waals surface area contributed by atoms with Crippen molar-refractivity contribution in [1.29, 1.82) is 0 Å². The van der Waals surface area contributed by atoms with Crippen molar-refractivity contribution in [3.8, 4) is 0 Å². The fourth-order valence-corrected chi connectivity index (χ4v) is 1.33. The van der Waals surface area contributed by atoms with E-state index in [1.165, 1.54) is 0 Å². The Kier molecular flexibility index (Phi) is 3.40. The molecule has 3 N–H and O–H groups in total. The lowest BCUT2D eigenvalue weighted by molar-refractivity contribution is 0.579. The second-order valence-corrected chi connectivity index (χ2v) is 4.53. The van der Waals surface area contributed by atoms with Gasteiger partial charge in [0.15, 0.2) is 0 Å². The van der Waals surface area contributed by atoms with Crippen LogP contribution in [0.15, 0.2) is 18.2 Å². The SMILES string of the molecule is Cc1c(Cl)cccc1NC(C)(C)CN. The molecule has 14 heavy (non-hydrogen) atoms. The van der Waals surface area contributed by atoms with E-state index in [2.05, 4.69) is 19.2 Å². The molecule has 0 unspecified atom stereocenters. The fourth-order valence-electron chi connectivity index (χ4n) is 1.16. The molecule has 0 aliphatic rings. The molecule has 1 rings (SSSR count). The van der Waals surface area contributed by atoms with Crippen molar-refractivity contribution in [2.45, 2.75) is 26.3 Å². The van der Waals surface area contributed by atoms with Crippen LogP contribution in [0.2, 0.25) is 5.02 Å². The van der Waals surface area contributed by atoms with Crippen molar-refractivity contribution >= 4 is 17.3 Å². The third kappa shape index (κ3) is 2.63. The highest BCUT2D eigenvalue weighted by Crippen LogP contribution is 2.25. The van der Waals surface area contributed by atoms with E-state index in [-0.39, 0.29) is 5.54 Å². The van der Waals surface area contributed by atoms with Crippen LogP contribution >= 0.6 is 11.6 Å². The number of benzene rings is 1. The van der Waals surface area contributed by atoms with E-state index in [1.54, 1.807) is 0 Å². The maximum Gasteiger partial charge on any atom is 0.0455 e. The van der Waals surface area contributed by atoms with Crippen LogP contribution < -0.4 is 11.1 Å². The fraction of sp³-hybridized carbons (Fsp3) is 0.455. The molecule has 1 aromatic carbocycles. The molecule has 3 heteroatoms. The Morgan fingerprint density at radius 1 is 1.43 bits per heavy atom. The standard InChI is InChI=1S/C11H17ClN2/c1-8-9(12)5-4-6-10(8)14-11(2,3)7-13/h4-6,14H,7,13H2,1-3H3. The predicted molar refractivity (Wildman–Crippen MR) is 62.9 cm³/mol. The van der Waals surface area contributed by atoms with E-state index >= 15 is 0 Å². The van der Waals surface area contributed by atoms with Crippen molar-refractivity contribution in [3.05, 3.63) is 28.8 Å². The smallest absolute Gasteiger partial charge is 0.0455 e. The Hall–Kier alpha value is -0.730. The molecule has 0 aliphatic heterocycles. The summed E-state index contributed by atoms with van der Waals surface area (Å²) in [5.74, 6) is 0. The van der Waals surface area contributed by atoms with E-state index in [1.807, 2.05) is 25.1 Å². The largest absolute Gasteiger partial charge is 0.379 e. The molecule has 0 atom stereocenters. The van der Waals surface area contributed by atoms with Crippen molar-refractivity contribution in [2.75, 3.05) is 11.9 Å². The summed E-state index contributed by atoms with van der Waals surface area (Å²) in [7, 11) is 0. The summed E-state index contributed by atoms with van der Waals surface area (Å²) in [6.07, 6.45) is 0. The Morgan fingerprint density at radius 3 is 2.64 bits per heavy atom. The zero-order chi connectivity index (χ0) is 10.8. The van der Waals surface area contributed by atoms with Gasteiger partial charge in [-0.1, -0.05) is 17.7 Å². The lowest BCUT2D eigenvalue weighted by Gasteiger charge is -2.26. The minimum absolute atomic E-state index is 0.102. The van der Waals surface area contributed by atoms with E-state index in [9.17, 15) is 0 Å². The van der Waals surface area contributed by atoms with Crippen LogP contribution in [0.5, 0.6) is 0 Å². The normalized spacial score (nSPS) is 11.5. The maximum absolute atomic E-state index is 6.01. The van der Waals surface area contributed by atoms with Gasteiger partial charge in [-0.25, -0.2) is 0 Å². The first-order valence-corrected chi connectivity index (χ1v) is 5.07. The number of hydrogen-bond donors (Lipinski definition) is 2. The molecule has 0 aromatic heterocycles. The zero-order valence-electron chi connectivity index (χ0n) is 8.89. The number of anilines is 1. The summed E-state index contributed by atoms with van der Waals surface area (Å²) in [5, 5.41) is 4.15. The third-order valence-corrected chi connectivity index (χ3v) is 2.66. The van der Waals surface area contributed by atoms with Crippen LogP contribution in [-0.2, 0) is 0 Å². The van der Waals surface area contributed by atoms with Crippen molar-refractivity contribution < 1.29 is 0 Å². The van der Waals surface area contributed by atoms with E-state index < -0.39 is 0 Å². The molecule has 0 fully saturated rings. The predicted octanol–water partition coefficient (Wildman–Crippen LogP) is 2.80. The van der Waals surface area contributed by atoms with Crippen molar-refractivity contribution in [3.63, 3.8) is 0 Å². The van der Waals surface area contributed by atoms with E-state index in [4.69, 9.17) is 17.3 Å². The zero-order valence-corrected chi connectivity index (χ0v) is 9.65. The first kappa shape index (κ1) is 11.3. The summed E-state index contributed by atoms with van der Waals surface area (Å²) in [6.45, 7) is 6.71. The Balaban J connectivity index is 2.92. The van der Waals surface area contributed by atoms with Crippen LogP contribution in [0.25, 0.3) is 0 Å². The molecular formula is C11H17ClN2. The average molecular weight is 213 g/mol. The molecular weight excluding hydrogens is 196 g/mol. The summed E-state index contributed by atoms with van der Waals surface area (Å²) in [4.78, 5) is 0. The Bertz CT molecular complexity index is 321. The van der Waals surface area contributed by atoms with Crippen molar-refractivity contribution in [2.24, 2.45) is 5.73 Å². The minimum Gasteiger partial charge on any atom is -0.379 e. The molecule has 0 heterocycles. The molecule has 0 amide bonds. The van der Waals surface area contributed by atoms with Crippen LogP contribution in [0.3, 0.4) is 0 Å². The first-order chi connectivity index (χ1) is 6.46. The average Bonchev–Trinajstić information content (AvgIpc) is 2.13. The topological polar surface area (TPSA) is 38.0 Å². The summed E-state index contributed by atoms with van der Waals surface area (Å²) >= 11 is 6.01. The number of nitrogens with one attached hydrogen (secondary N) is 1. The van der Waals surface area contributed by atoms with Gasteiger partial charge in [-0.2, -0.15) is 0 Å². The van der Waals surface area contributed by atoms with Gasteiger partial charge in [0.05, 0.1) is 0 Å². The molecule has 0 spiro atoms. The molecule has 2 nitrogen and oxygen atoms in total. The molecule has 78 valence electrons. The molecule has 0 aliphatic carbocycles. The molecule has 0 saturated heterocycles. The van der Waals surface area contributed by atoms with Gasteiger partial charge in [-0.05, 0) is 38.5 Å². The van der Waals surface area contributed by atoms with Gasteiger partial charge < -0.3 is 11.1 Å². The number of rotatable bonds is 3. The Labute approximate surface area is 90.4 Å². The quantitative estimate of drug-likeness (QED) is 0.809. The van der Waals surface area contributed by atoms with Crippen molar-refractivity contribution in [1.82, 2.24) is 0 Å². The second kappa shape index (κ2) is 4.20. The molecule has 0 saturated carbocycles. The van der Waals surface area contributed by atoms with Gasteiger partial charge in [0.25, 0.3) is 0 Å². The lowest BCUT2D eigenvalue weighted by atomic mass is 10.0. The van der Waals surface area contributed by atoms with E-state index in [0.29, 0.717) is 6.54 Å². The molecule has 0 radical (unpaired) electrons. The number of hydrogen-bond acceptors (Lipinski definition) is 2. The summed E-state index contributed by atoms with van der Waals surface area (Å²) in [5.41, 5.74) is 7.66. The van der Waals surface area contributed by atoms with Gasteiger partial charge in [0.2, 0.25) is 0 Å². The van der Waals surface area contributed by atoms with E-state index in [0.717, 1.165) is 16.3 Å². The monoisotopic (exact) mass is 212 g/mol. The van der Waals surface area contributed by atoms with Gasteiger partial charge in [0.1, 0.15) is 0 Å². The van der Waals surface area contributed by atoms with Crippen LogP contribution in [-0.4, -0.2) is 12.1 Å².